The molecule has 0 bridgehead atoms. The molecule has 0 aromatic heterocycles. The van der Waals surface area contributed by atoms with Crippen molar-refractivity contribution in [2.45, 2.75) is 19.7 Å². The third kappa shape index (κ3) is 2.74. The van der Waals surface area contributed by atoms with Crippen LogP contribution in [0, 0.1) is 5.92 Å². The van der Waals surface area contributed by atoms with Gasteiger partial charge in [-0.1, -0.05) is 32.0 Å². The number of halogens is 1. The number of benzene rings is 1. The minimum absolute atomic E-state index is 0.0154. The zero-order valence-corrected chi connectivity index (χ0v) is 9.14. The molecule has 0 heterocycles. The number of nitrogens with one attached hydrogen (secondary N) is 1. The van der Waals surface area contributed by atoms with Gasteiger partial charge in [0.05, 0.1) is 0 Å². The molecule has 1 aromatic rings. The smallest absolute Gasteiger partial charge is 0.226 e. The molecule has 0 saturated carbocycles. The molecule has 0 aliphatic carbocycles. The van der Waals surface area contributed by atoms with E-state index in [1.165, 1.54) is 0 Å². The molecule has 1 N–H and O–H groups in total. The molecule has 0 spiro atoms. The van der Waals surface area contributed by atoms with Gasteiger partial charge in [0.15, 0.2) is 0 Å². The minimum atomic E-state index is -0.0154. The Labute approximate surface area is 89.3 Å². The number of carbonyl (C=O) groups is 1. The first-order valence-electron chi connectivity index (χ1n) is 4.60. The Hall–Kier alpha value is -1.02. The van der Waals surface area contributed by atoms with Crippen LogP contribution in [-0.2, 0) is 10.7 Å². The number of para-hydroxylation sites is 1. The van der Waals surface area contributed by atoms with Crippen LogP contribution in [0.2, 0.25) is 0 Å². The summed E-state index contributed by atoms with van der Waals surface area (Å²) in [5.41, 5.74) is 1.75. The summed E-state index contributed by atoms with van der Waals surface area (Å²) in [6.07, 6.45) is 0. The second kappa shape index (κ2) is 5.01. The molecule has 0 atom stereocenters. The number of rotatable bonds is 3. The van der Waals surface area contributed by atoms with Gasteiger partial charge in [0.1, 0.15) is 0 Å². The largest absolute Gasteiger partial charge is 0.326 e. The molecule has 76 valence electrons. The van der Waals surface area contributed by atoms with Gasteiger partial charge in [0.2, 0.25) is 5.91 Å². The first-order valence-corrected chi connectivity index (χ1v) is 5.13. The minimum Gasteiger partial charge on any atom is -0.326 e. The van der Waals surface area contributed by atoms with E-state index < -0.39 is 0 Å². The van der Waals surface area contributed by atoms with Crippen LogP contribution in [0.15, 0.2) is 24.3 Å². The summed E-state index contributed by atoms with van der Waals surface area (Å²) in [7, 11) is 0. The zero-order valence-electron chi connectivity index (χ0n) is 8.38. The molecule has 3 heteroatoms. The monoisotopic (exact) mass is 211 g/mol. The third-order valence-corrected chi connectivity index (χ3v) is 2.23. The van der Waals surface area contributed by atoms with Crippen LogP contribution < -0.4 is 5.32 Å². The van der Waals surface area contributed by atoms with Crippen molar-refractivity contribution >= 4 is 23.2 Å². The molecular weight excluding hydrogens is 198 g/mol. The van der Waals surface area contributed by atoms with Crippen LogP contribution in [0.5, 0.6) is 0 Å². The molecule has 0 aliphatic rings. The van der Waals surface area contributed by atoms with E-state index in [-0.39, 0.29) is 11.8 Å². The highest BCUT2D eigenvalue weighted by Gasteiger charge is 2.08. The number of carbonyl (C=O) groups excluding carboxylic acids is 1. The lowest BCUT2D eigenvalue weighted by Crippen LogP contribution is -2.18. The molecule has 2 nitrogen and oxygen atoms in total. The first kappa shape index (κ1) is 11.1. The molecule has 1 rings (SSSR count). The van der Waals surface area contributed by atoms with E-state index in [9.17, 15) is 4.79 Å². The summed E-state index contributed by atoms with van der Waals surface area (Å²) >= 11 is 5.74. The second-order valence-corrected chi connectivity index (χ2v) is 3.70. The van der Waals surface area contributed by atoms with Crippen LogP contribution in [0.25, 0.3) is 0 Å². The molecular formula is C11H14ClNO. The van der Waals surface area contributed by atoms with Gasteiger partial charge in [-0.05, 0) is 11.6 Å². The lowest BCUT2D eigenvalue weighted by Gasteiger charge is -2.10. The molecule has 0 saturated heterocycles. The Morgan fingerprint density at radius 3 is 2.64 bits per heavy atom. The molecule has 0 fully saturated rings. The van der Waals surface area contributed by atoms with E-state index in [0.29, 0.717) is 5.88 Å². The SMILES string of the molecule is CC(C)C(=O)Nc1ccccc1CCl. The predicted molar refractivity (Wildman–Crippen MR) is 59.5 cm³/mol. The van der Waals surface area contributed by atoms with E-state index >= 15 is 0 Å². The normalized spacial score (nSPS) is 10.3. The van der Waals surface area contributed by atoms with Crippen LogP contribution in [0.4, 0.5) is 5.69 Å². The summed E-state index contributed by atoms with van der Waals surface area (Å²) in [6, 6.07) is 7.55. The Balaban J connectivity index is 2.80. The Bertz CT molecular complexity index is 323. The number of amides is 1. The number of hydrogen-bond acceptors (Lipinski definition) is 1. The van der Waals surface area contributed by atoms with Crippen molar-refractivity contribution in [1.29, 1.82) is 0 Å². The van der Waals surface area contributed by atoms with Crippen LogP contribution in [0.3, 0.4) is 0 Å². The van der Waals surface area contributed by atoms with Crippen molar-refractivity contribution in [1.82, 2.24) is 0 Å². The van der Waals surface area contributed by atoms with Crippen LogP contribution in [0.1, 0.15) is 19.4 Å². The Morgan fingerprint density at radius 1 is 1.43 bits per heavy atom. The summed E-state index contributed by atoms with van der Waals surface area (Å²) < 4.78 is 0. The summed E-state index contributed by atoms with van der Waals surface area (Å²) in [5, 5.41) is 2.84. The lowest BCUT2D eigenvalue weighted by molar-refractivity contribution is -0.118. The van der Waals surface area contributed by atoms with Gasteiger partial charge in [-0.25, -0.2) is 0 Å². The van der Waals surface area contributed by atoms with E-state index in [1.54, 1.807) is 0 Å². The van der Waals surface area contributed by atoms with Crippen molar-refractivity contribution in [2.75, 3.05) is 5.32 Å². The van der Waals surface area contributed by atoms with Crippen molar-refractivity contribution in [3.8, 4) is 0 Å². The zero-order chi connectivity index (χ0) is 10.6. The highest BCUT2D eigenvalue weighted by atomic mass is 35.5. The molecule has 0 unspecified atom stereocenters. The van der Waals surface area contributed by atoms with Gasteiger partial charge in [0, 0.05) is 17.5 Å². The van der Waals surface area contributed by atoms with Gasteiger partial charge >= 0.3 is 0 Å². The third-order valence-electron chi connectivity index (χ3n) is 1.94. The second-order valence-electron chi connectivity index (χ2n) is 3.43. The lowest BCUT2D eigenvalue weighted by atomic mass is 10.1. The van der Waals surface area contributed by atoms with Crippen molar-refractivity contribution in [2.24, 2.45) is 5.92 Å². The number of hydrogen-bond donors (Lipinski definition) is 1. The van der Waals surface area contributed by atoms with Crippen molar-refractivity contribution < 1.29 is 4.79 Å². The number of alkyl halides is 1. The molecule has 0 aliphatic heterocycles. The van der Waals surface area contributed by atoms with E-state index in [1.807, 2.05) is 38.1 Å². The average Bonchev–Trinajstić information content (AvgIpc) is 2.18. The van der Waals surface area contributed by atoms with Crippen LogP contribution in [-0.4, -0.2) is 5.91 Å². The fourth-order valence-electron chi connectivity index (χ4n) is 1.04. The van der Waals surface area contributed by atoms with E-state index in [4.69, 9.17) is 11.6 Å². The summed E-state index contributed by atoms with van der Waals surface area (Å²) in [6.45, 7) is 3.72. The summed E-state index contributed by atoms with van der Waals surface area (Å²) in [5.74, 6) is 0.412. The highest BCUT2D eigenvalue weighted by molar-refractivity contribution is 6.17. The average molecular weight is 212 g/mol. The molecule has 14 heavy (non-hydrogen) atoms. The fraction of sp³-hybridized carbons (Fsp3) is 0.364. The standard InChI is InChI=1S/C11H14ClNO/c1-8(2)11(14)13-10-6-4-3-5-9(10)7-12/h3-6,8H,7H2,1-2H3,(H,13,14). The van der Waals surface area contributed by atoms with E-state index in [0.717, 1.165) is 11.3 Å². The van der Waals surface area contributed by atoms with Gasteiger partial charge in [-0.2, -0.15) is 0 Å². The quantitative estimate of drug-likeness (QED) is 0.766. The van der Waals surface area contributed by atoms with Crippen molar-refractivity contribution in [3.05, 3.63) is 29.8 Å². The predicted octanol–water partition coefficient (Wildman–Crippen LogP) is 3.02. The fourth-order valence-corrected chi connectivity index (χ4v) is 1.27. The van der Waals surface area contributed by atoms with E-state index in [2.05, 4.69) is 5.32 Å². The Morgan fingerprint density at radius 2 is 2.07 bits per heavy atom. The van der Waals surface area contributed by atoms with Crippen LogP contribution >= 0.6 is 11.6 Å². The maximum Gasteiger partial charge on any atom is 0.226 e. The molecule has 0 radical (unpaired) electrons. The van der Waals surface area contributed by atoms with Gasteiger partial charge in [0.25, 0.3) is 0 Å². The maximum atomic E-state index is 11.4. The Kier molecular flexibility index (Phi) is 3.96. The molecule has 1 amide bonds. The number of anilines is 1. The van der Waals surface area contributed by atoms with Gasteiger partial charge < -0.3 is 5.32 Å². The van der Waals surface area contributed by atoms with Gasteiger partial charge in [-0.15, -0.1) is 11.6 Å². The summed E-state index contributed by atoms with van der Waals surface area (Å²) in [4.78, 5) is 11.4. The topological polar surface area (TPSA) is 29.1 Å². The first-order chi connectivity index (χ1) is 6.65. The van der Waals surface area contributed by atoms with Gasteiger partial charge in [-0.3, -0.25) is 4.79 Å². The maximum absolute atomic E-state index is 11.4. The molecule has 1 aromatic carbocycles. The highest BCUT2D eigenvalue weighted by Crippen LogP contribution is 2.17. The van der Waals surface area contributed by atoms with Crippen molar-refractivity contribution in [3.63, 3.8) is 0 Å².